The molecule has 0 spiro atoms. The molecule has 0 atom stereocenters. The van der Waals surface area contributed by atoms with Gasteiger partial charge in [-0.1, -0.05) is 35.9 Å². The second-order valence-corrected chi connectivity index (χ2v) is 8.65. The standard InChI is InChI=1S/C24H29ClN2O2/c25-21-10-9-19-8-7-18-5-1-2-6-22(18)27(23(19)17-21)14-4-3-13-26-15-11-20(12-16-26)24(28)29/h1-2,5-6,9-10,17,20H,3-4,7-8,11-16H2,(H,28,29). The maximum absolute atomic E-state index is 11.1. The second-order valence-electron chi connectivity index (χ2n) is 8.21. The quantitative estimate of drug-likeness (QED) is 0.666. The van der Waals surface area contributed by atoms with Crippen molar-refractivity contribution in [1.29, 1.82) is 0 Å². The molecular weight excluding hydrogens is 384 g/mol. The van der Waals surface area contributed by atoms with Gasteiger partial charge in [0.05, 0.1) is 5.92 Å². The first-order valence-electron chi connectivity index (χ1n) is 10.7. The van der Waals surface area contributed by atoms with E-state index in [0.29, 0.717) is 0 Å². The number of benzene rings is 2. The first-order valence-corrected chi connectivity index (χ1v) is 11.1. The number of rotatable bonds is 6. The first-order chi connectivity index (χ1) is 14.1. The summed E-state index contributed by atoms with van der Waals surface area (Å²) in [4.78, 5) is 16.0. The number of carboxylic acids is 1. The van der Waals surface area contributed by atoms with Crippen LogP contribution in [0.15, 0.2) is 42.5 Å². The lowest BCUT2D eigenvalue weighted by Crippen LogP contribution is -2.37. The predicted octanol–water partition coefficient (Wildman–Crippen LogP) is 5.15. The van der Waals surface area contributed by atoms with Gasteiger partial charge in [-0.25, -0.2) is 0 Å². The van der Waals surface area contributed by atoms with Gasteiger partial charge in [-0.2, -0.15) is 0 Å². The summed E-state index contributed by atoms with van der Waals surface area (Å²) in [6.07, 6.45) is 5.87. The molecule has 29 heavy (non-hydrogen) atoms. The van der Waals surface area contributed by atoms with E-state index in [1.54, 1.807) is 0 Å². The fourth-order valence-electron chi connectivity index (χ4n) is 4.63. The third-order valence-electron chi connectivity index (χ3n) is 6.33. The summed E-state index contributed by atoms with van der Waals surface area (Å²) in [5, 5.41) is 9.94. The van der Waals surface area contributed by atoms with Crippen LogP contribution in [0.2, 0.25) is 5.02 Å². The normalized spacial score (nSPS) is 17.5. The average molecular weight is 413 g/mol. The highest BCUT2D eigenvalue weighted by Gasteiger charge is 2.24. The molecule has 2 aromatic carbocycles. The van der Waals surface area contributed by atoms with Crippen LogP contribution in [0.5, 0.6) is 0 Å². The van der Waals surface area contributed by atoms with Crippen molar-refractivity contribution < 1.29 is 9.90 Å². The molecular formula is C24H29ClN2O2. The Balaban J connectivity index is 1.39. The highest BCUT2D eigenvalue weighted by molar-refractivity contribution is 6.30. The fraction of sp³-hybridized carbons (Fsp3) is 0.458. The predicted molar refractivity (Wildman–Crippen MR) is 118 cm³/mol. The monoisotopic (exact) mass is 412 g/mol. The van der Waals surface area contributed by atoms with Crippen molar-refractivity contribution in [3.05, 3.63) is 58.6 Å². The molecule has 0 saturated carbocycles. The van der Waals surface area contributed by atoms with Crippen molar-refractivity contribution in [1.82, 2.24) is 4.90 Å². The van der Waals surface area contributed by atoms with Crippen LogP contribution in [0, 0.1) is 5.92 Å². The minimum atomic E-state index is -0.637. The van der Waals surface area contributed by atoms with Crippen LogP contribution in [0.3, 0.4) is 0 Å². The second kappa shape index (κ2) is 9.19. The van der Waals surface area contributed by atoms with Gasteiger partial charge in [0, 0.05) is 22.9 Å². The van der Waals surface area contributed by atoms with Crippen molar-refractivity contribution in [2.45, 2.75) is 38.5 Å². The van der Waals surface area contributed by atoms with E-state index in [9.17, 15) is 4.79 Å². The topological polar surface area (TPSA) is 43.8 Å². The van der Waals surface area contributed by atoms with E-state index in [1.807, 2.05) is 6.07 Å². The van der Waals surface area contributed by atoms with Gasteiger partial charge in [0.1, 0.15) is 0 Å². The van der Waals surface area contributed by atoms with Crippen LogP contribution in [-0.4, -0.2) is 42.2 Å². The molecule has 0 radical (unpaired) electrons. The van der Waals surface area contributed by atoms with Gasteiger partial charge in [0.25, 0.3) is 0 Å². The van der Waals surface area contributed by atoms with Crippen LogP contribution in [-0.2, 0) is 17.6 Å². The molecule has 1 fully saturated rings. The number of carbonyl (C=O) groups is 1. The maximum atomic E-state index is 11.1. The number of nitrogens with zero attached hydrogens (tertiary/aromatic N) is 2. The molecule has 5 heteroatoms. The van der Waals surface area contributed by atoms with Crippen LogP contribution in [0.1, 0.15) is 36.8 Å². The molecule has 4 nitrogen and oxygen atoms in total. The van der Waals surface area contributed by atoms with Gasteiger partial charge in [-0.15, -0.1) is 0 Å². The Bertz CT molecular complexity index is 862. The van der Waals surface area contributed by atoms with E-state index >= 15 is 0 Å². The zero-order chi connectivity index (χ0) is 20.2. The largest absolute Gasteiger partial charge is 0.481 e. The zero-order valence-electron chi connectivity index (χ0n) is 16.8. The van der Waals surface area contributed by atoms with Gasteiger partial charge in [0.15, 0.2) is 0 Å². The molecule has 1 saturated heterocycles. The number of fused-ring (bicyclic) bond motifs is 2. The number of halogens is 1. The van der Waals surface area contributed by atoms with Crippen LogP contribution in [0.25, 0.3) is 0 Å². The third-order valence-corrected chi connectivity index (χ3v) is 6.56. The number of hydrogen-bond acceptors (Lipinski definition) is 3. The van der Waals surface area contributed by atoms with Crippen LogP contribution < -0.4 is 4.90 Å². The maximum Gasteiger partial charge on any atom is 0.306 e. The Kier molecular flexibility index (Phi) is 6.41. The van der Waals surface area contributed by atoms with Gasteiger partial charge in [-0.3, -0.25) is 4.79 Å². The summed E-state index contributed by atoms with van der Waals surface area (Å²) in [6.45, 7) is 3.82. The Hall–Kier alpha value is -2.04. The van der Waals surface area contributed by atoms with E-state index in [1.165, 1.54) is 22.5 Å². The molecule has 0 unspecified atom stereocenters. The molecule has 2 aromatic rings. The summed E-state index contributed by atoms with van der Waals surface area (Å²) in [5.41, 5.74) is 5.30. The zero-order valence-corrected chi connectivity index (χ0v) is 17.6. The number of likely N-dealkylation sites (tertiary alicyclic amines) is 1. The Morgan fingerprint density at radius 2 is 1.66 bits per heavy atom. The van der Waals surface area contributed by atoms with E-state index < -0.39 is 5.97 Å². The van der Waals surface area contributed by atoms with E-state index in [-0.39, 0.29) is 5.92 Å². The number of aryl methyl sites for hydroxylation is 2. The number of hydrogen-bond donors (Lipinski definition) is 1. The molecule has 2 heterocycles. The van der Waals surface area contributed by atoms with Crippen molar-refractivity contribution in [2.75, 3.05) is 31.1 Å². The minimum absolute atomic E-state index is 0.152. The number of para-hydroxylation sites is 1. The summed E-state index contributed by atoms with van der Waals surface area (Å²) in [7, 11) is 0. The molecule has 154 valence electrons. The number of anilines is 2. The molecule has 0 amide bonds. The van der Waals surface area contributed by atoms with E-state index in [2.05, 4.69) is 46.2 Å². The fourth-order valence-corrected chi connectivity index (χ4v) is 4.80. The van der Waals surface area contributed by atoms with Gasteiger partial charge in [0.2, 0.25) is 0 Å². The van der Waals surface area contributed by atoms with Crippen molar-refractivity contribution in [3.63, 3.8) is 0 Å². The minimum Gasteiger partial charge on any atom is -0.481 e. The van der Waals surface area contributed by atoms with Crippen LogP contribution >= 0.6 is 11.6 Å². The average Bonchev–Trinajstić information content (AvgIpc) is 2.88. The highest BCUT2D eigenvalue weighted by Crippen LogP contribution is 2.37. The van der Waals surface area contributed by atoms with Crippen molar-refractivity contribution >= 4 is 28.9 Å². The lowest BCUT2D eigenvalue weighted by molar-refractivity contribution is -0.143. The summed E-state index contributed by atoms with van der Waals surface area (Å²) >= 11 is 6.34. The van der Waals surface area contributed by atoms with Gasteiger partial charge >= 0.3 is 5.97 Å². The van der Waals surface area contributed by atoms with Gasteiger partial charge < -0.3 is 14.9 Å². The molecule has 1 N–H and O–H groups in total. The molecule has 4 rings (SSSR count). The van der Waals surface area contributed by atoms with Crippen molar-refractivity contribution in [3.8, 4) is 0 Å². The summed E-state index contributed by atoms with van der Waals surface area (Å²) < 4.78 is 0. The smallest absolute Gasteiger partial charge is 0.306 e. The first kappa shape index (κ1) is 20.2. The summed E-state index contributed by atoms with van der Waals surface area (Å²) in [6, 6.07) is 15.0. The van der Waals surface area contributed by atoms with Crippen LogP contribution in [0.4, 0.5) is 11.4 Å². The van der Waals surface area contributed by atoms with Gasteiger partial charge in [-0.05, 0) is 87.5 Å². The highest BCUT2D eigenvalue weighted by atomic mass is 35.5. The molecule has 2 aliphatic heterocycles. The lowest BCUT2D eigenvalue weighted by Gasteiger charge is -2.31. The molecule has 2 aliphatic rings. The number of piperidine rings is 1. The molecule has 0 aliphatic carbocycles. The lowest BCUT2D eigenvalue weighted by atomic mass is 9.97. The Labute approximate surface area is 178 Å². The van der Waals surface area contributed by atoms with E-state index in [0.717, 1.165) is 69.7 Å². The molecule has 0 bridgehead atoms. The Morgan fingerprint density at radius 3 is 2.41 bits per heavy atom. The number of carboxylic acid groups (broad SMARTS) is 1. The number of aliphatic carboxylic acids is 1. The number of unbranched alkanes of at least 4 members (excludes halogenated alkanes) is 1. The van der Waals surface area contributed by atoms with E-state index in [4.69, 9.17) is 16.7 Å². The summed E-state index contributed by atoms with van der Waals surface area (Å²) in [5.74, 6) is -0.789. The SMILES string of the molecule is O=C(O)C1CCN(CCCCN2c3ccccc3CCc3ccc(Cl)cc32)CC1. The molecule has 0 aromatic heterocycles. The van der Waals surface area contributed by atoms with Crippen molar-refractivity contribution in [2.24, 2.45) is 5.92 Å². The third kappa shape index (κ3) is 4.76. The Morgan fingerprint density at radius 1 is 0.966 bits per heavy atom.